The van der Waals surface area contributed by atoms with Gasteiger partial charge in [-0.3, -0.25) is 19.9 Å². The molecule has 7 aromatic rings. The molecule has 5 aromatic carbocycles. The van der Waals surface area contributed by atoms with Crippen molar-refractivity contribution in [3.8, 4) is 44.8 Å². The topological polar surface area (TPSA) is 190 Å². The van der Waals surface area contributed by atoms with E-state index in [0.29, 0.717) is 31.1 Å². The van der Waals surface area contributed by atoms with Gasteiger partial charge in [-0.15, -0.1) is 0 Å². The van der Waals surface area contributed by atoms with Crippen LogP contribution in [0.2, 0.25) is 0 Å². The fraction of sp³-hybridized carbons (Fsp3) is 0.391. The number of hydrogen-bond acceptors (Lipinski definition) is 10. The van der Waals surface area contributed by atoms with Crippen molar-refractivity contribution in [2.45, 2.75) is 102 Å². The molecule has 2 fully saturated rings. The van der Waals surface area contributed by atoms with Crippen LogP contribution in [0.15, 0.2) is 122 Å². The molecule has 4 heterocycles. The molecule has 0 bridgehead atoms. The minimum Gasteiger partial charge on any atom is -0.671 e. The fourth-order valence-corrected chi connectivity index (χ4v) is 11.0. The molecule has 2 saturated heterocycles. The zero-order chi connectivity index (χ0) is 58.2. The van der Waals surface area contributed by atoms with Crippen molar-refractivity contribution in [3.05, 3.63) is 173 Å². The number of halogens is 2. The van der Waals surface area contributed by atoms with Gasteiger partial charge in [-0.1, -0.05) is 107 Å². The van der Waals surface area contributed by atoms with Gasteiger partial charge < -0.3 is 35.3 Å². The maximum absolute atomic E-state index is 11.9. The minimum atomic E-state index is -0.178. The molecule has 5 N–H and O–H groups in total. The summed E-state index contributed by atoms with van der Waals surface area (Å²) in [5, 5.41) is 9.22. The van der Waals surface area contributed by atoms with Gasteiger partial charge in [0.2, 0.25) is 6.41 Å². The smallest absolute Gasteiger partial charge is 0.207 e. The molecule has 2 aliphatic heterocycles. The van der Waals surface area contributed by atoms with Crippen LogP contribution in [-0.2, 0) is 68.7 Å². The second kappa shape index (κ2) is 33.5. The van der Waals surface area contributed by atoms with Gasteiger partial charge in [0.25, 0.3) is 0 Å². The van der Waals surface area contributed by atoms with Gasteiger partial charge in [0.05, 0.1) is 55.8 Å². The van der Waals surface area contributed by atoms with Gasteiger partial charge >= 0.3 is 0 Å². The summed E-state index contributed by atoms with van der Waals surface area (Å²) < 4.78 is 28.1. The van der Waals surface area contributed by atoms with E-state index in [1.807, 2.05) is 12.4 Å². The number of carbonyl (C=O) groups is 3. The first-order valence-corrected chi connectivity index (χ1v) is 27.2. The van der Waals surface area contributed by atoms with E-state index in [1.165, 1.54) is 103 Å². The Morgan fingerprint density at radius 3 is 1.31 bits per heavy atom. The van der Waals surface area contributed by atoms with Gasteiger partial charge in [0.1, 0.15) is 29.6 Å². The van der Waals surface area contributed by atoms with E-state index in [9.17, 15) is 18.4 Å². The number of nitrogens with zero attached hydrogens (tertiary/aromatic N) is 4. The molecule has 1 amide bonds. The first-order valence-electron chi connectivity index (χ1n) is 27.2. The normalized spacial score (nSPS) is 16.8. The van der Waals surface area contributed by atoms with Gasteiger partial charge in [-0.2, -0.15) is 0 Å². The van der Waals surface area contributed by atoms with Crippen molar-refractivity contribution in [1.29, 1.82) is 0 Å². The second-order valence-corrected chi connectivity index (χ2v) is 21.3. The fourth-order valence-electron chi connectivity index (χ4n) is 11.0. The molecule has 434 valence electrons. The summed E-state index contributed by atoms with van der Waals surface area (Å²) >= 11 is 0. The molecule has 0 unspecified atom stereocenters. The van der Waals surface area contributed by atoms with E-state index in [1.54, 1.807) is 72.9 Å². The summed E-state index contributed by atoms with van der Waals surface area (Å²) in [6.45, 7) is 12.2. The van der Waals surface area contributed by atoms with Crippen LogP contribution < -0.4 is 5.32 Å². The molecule has 0 spiro atoms. The van der Waals surface area contributed by atoms with E-state index in [0.717, 1.165) is 49.0 Å². The standard InChI is InChI=1S/C44H52N6.2C6H5F.C3H5NO2.C2H4NO.C2H6O.CH4O2.W/c1-43(2)19-17-31-38(30-14-8-12-28(24-30)34-26-46-42(48-34)36-16-10-22-50(36)6)40-32(18-20-44(40,3)4)37(39(31)43)29-13-7-11-27(23-29)33-25-45-41(47-33)35-15-9-21-49(35)5;2*7-6-4-2-1-3-5-6;5-2-1-4-3-6;3-1-2-4;2*1-3-2;/h7-8,11-14,23-26,35-36H,9-10,15-22H2,1-6H3,(H,45,47)(H,46,48);2*1-5H;2-3H,1H2,(H,4,6);2-3H,1H2;1-2H3;2H,1H3;/q;;;;-1;;;/t35-,36-;;;;;;;/m0......./s1. The van der Waals surface area contributed by atoms with Crippen LogP contribution in [0.25, 0.3) is 50.5 Å². The second-order valence-electron chi connectivity index (χ2n) is 21.3. The predicted octanol–water partition coefficient (Wildman–Crippen LogP) is 13.0. The van der Waals surface area contributed by atoms with Gasteiger partial charge in [-0.05, 0) is 170 Å². The van der Waals surface area contributed by atoms with Crippen molar-refractivity contribution in [2.24, 2.45) is 0 Å². The number of imidazole rings is 2. The van der Waals surface area contributed by atoms with E-state index in [2.05, 4.69) is 125 Å². The van der Waals surface area contributed by atoms with Crippen LogP contribution in [0.3, 0.4) is 0 Å². The van der Waals surface area contributed by atoms with Crippen molar-refractivity contribution in [2.75, 3.05) is 61.6 Å². The van der Waals surface area contributed by atoms with Crippen molar-refractivity contribution >= 4 is 19.0 Å². The van der Waals surface area contributed by atoms with Gasteiger partial charge in [-0.25, -0.2) is 23.6 Å². The number of H-pyrrole nitrogens is 2. The van der Waals surface area contributed by atoms with Crippen LogP contribution >= 0.6 is 0 Å². The van der Waals surface area contributed by atoms with Crippen LogP contribution in [0.1, 0.15) is 112 Å². The molecule has 14 nitrogen and oxygen atoms in total. The Morgan fingerprint density at radius 2 is 1.02 bits per heavy atom. The summed E-state index contributed by atoms with van der Waals surface area (Å²) in [5.41, 5.74) is 22.9. The number of fused-ring (bicyclic) bond motifs is 2. The van der Waals surface area contributed by atoms with Gasteiger partial charge in [0, 0.05) is 46.4 Å². The van der Waals surface area contributed by atoms with E-state index >= 15 is 0 Å². The summed E-state index contributed by atoms with van der Waals surface area (Å²) in [6.07, 6.45) is 15.1. The van der Waals surface area contributed by atoms with Crippen molar-refractivity contribution < 1.29 is 59.1 Å². The summed E-state index contributed by atoms with van der Waals surface area (Å²) in [6, 6.07) is 35.3. The molecular formula is C64H81F2N8O6W-. The minimum absolute atomic E-state index is 0. The number of hydrogen-bond donors (Lipinski definition) is 4. The Kier molecular flexibility index (Phi) is 27.8. The molecule has 2 aliphatic carbocycles. The maximum Gasteiger partial charge on any atom is 0.207 e. The van der Waals surface area contributed by atoms with Crippen LogP contribution in [-0.4, -0.2) is 116 Å². The van der Waals surface area contributed by atoms with Crippen molar-refractivity contribution in [1.82, 2.24) is 35.1 Å². The van der Waals surface area contributed by atoms with E-state index in [-0.39, 0.29) is 56.6 Å². The first-order chi connectivity index (χ1) is 38.5. The molecule has 2 atom stereocenters. The van der Waals surface area contributed by atoms with Crippen LogP contribution in [0.5, 0.6) is 0 Å². The summed E-state index contributed by atoms with van der Waals surface area (Å²) in [5.74, 6) is 1.84. The maximum atomic E-state index is 11.9. The van der Waals surface area contributed by atoms with Crippen LogP contribution in [0.4, 0.5) is 8.78 Å². The van der Waals surface area contributed by atoms with Gasteiger partial charge in [0.15, 0.2) is 0 Å². The Hall–Kier alpha value is -6.36. The Balaban J connectivity index is 0.000000372. The molecule has 11 rings (SSSR count). The number of ether oxygens (including phenoxy) is 1. The van der Waals surface area contributed by atoms with Crippen molar-refractivity contribution in [3.63, 3.8) is 0 Å². The van der Waals surface area contributed by atoms with E-state index < -0.39 is 0 Å². The number of carbonyl (C=O) groups excluding carboxylic acids is 3. The average Bonchev–Trinajstić information content (AvgIpc) is 4.51. The number of benzene rings is 5. The average molecular weight is 1280 g/mol. The predicted molar refractivity (Wildman–Crippen MR) is 315 cm³/mol. The monoisotopic (exact) mass is 1280 g/mol. The zero-order valence-electron chi connectivity index (χ0n) is 48.4. The zero-order valence-corrected chi connectivity index (χ0v) is 51.3. The third-order valence-corrected chi connectivity index (χ3v) is 14.7. The SMILES string of the molecule is CN1CCC[C@H]1c1ncc(-c2cccc(-c3c4c(c(-c5cccc(-c6cnc([C@@H]7CCCN7C)[nH]6)c5)c5c3C(C)(C)CC5)C(C)(C)CC4)c2)[nH]1.COC.COO.Fc1ccccc1.Fc1ccccc1.O=CCNC=O.[NH-]CC=O.[W]. The Bertz CT molecular complexity index is 2810. The summed E-state index contributed by atoms with van der Waals surface area (Å²) in [7, 11) is 8.86. The quantitative estimate of drug-likeness (QED) is 0.0444. The third kappa shape index (κ3) is 18.3. The molecule has 2 aromatic heterocycles. The molecule has 4 aliphatic rings. The van der Waals surface area contributed by atoms with E-state index in [4.69, 9.17) is 25.8 Å². The Morgan fingerprint density at radius 1 is 0.654 bits per heavy atom. The molecular weight excluding hydrogens is 1200 g/mol. The number of aromatic amines is 2. The number of aromatic nitrogens is 4. The third-order valence-electron chi connectivity index (χ3n) is 14.7. The first kappa shape index (κ1) is 67.1. The van der Waals surface area contributed by atoms with Crippen LogP contribution in [0, 0.1) is 11.6 Å². The molecule has 0 radical (unpaired) electrons. The summed E-state index contributed by atoms with van der Waals surface area (Å²) in [4.78, 5) is 52.9. The number of likely N-dealkylation sites (tertiary alicyclic amines) is 2. The largest absolute Gasteiger partial charge is 0.671 e. The Labute approximate surface area is 491 Å². The number of methoxy groups -OCH3 is 1. The number of amides is 1. The molecule has 17 heteroatoms. The number of aldehydes is 2. The number of nitrogens with one attached hydrogen (secondary N) is 4. The number of rotatable bonds is 10. The molecule has 0 saturated carbocycles. The molecule has 81 heavy (non-hydrogen) atoms.